The molecule has 2 aliphatic carbocycles. The maximum absolute atomic E-state index is 12.6. The molecule has 130 valence electrons. The van der Waals surface area contributed by atoms with Gasteiger partial charge in [-0.25, -0.2) is 4.68 Å². The molecule has 2 aromatic rings. The van der Waals surface area contributed by atoms with E-state index in [2.05, 4.69) is 15.6 Å². The van der Waals surface area contributed by atoms with Crippen molar-refractivity contribution in [2.75, 3.05) is 0 Å². The third-order valence-corrected chi connectivity index (χ3v) is 5.20. The topological polar surface area (TPSA) is 97.1 Å². The lowest BCUT2D eigenvalue weighted by atomic mass is 10.1. The summed E-state index contributed by atoms with van der Waals surface area (Å²) in [6.07, 6.45) is 6.55. The summed E-state index contributed by atoms with van der Waals surface area (Å²) in [7, 11) is 0. The van der Waals surface area contributed by atoms with Crippen LogP contribution in [0.1, 0.15) is 53.6 Å². The van der Waals surface area contributed by atoms with E-state index in [0.717, 1.165) is 0 Å². The molecule has 1 aromatic heterocycles. The Morgan fingerprint density at radius 1 is 1.16 bits per heavy atom. The van der Waals surface area contributed by atoms with Crippen molar-refractivity contribution in [1.29, 1.82) is 0 Å². The summed E-state index contributed by atoms with van der Waals surface area (Å²) >= 11 is 0. The van der Waals surface area contributed by atoms with Crippen LogP contribution < -0.4 is 5.32 Å². The first-order valence-corrected chi connectivity index (χ1v) is 8.61. The van der Waals surface area contributed by atoms with E-state index in [1.165, 1.54) is 18.4 Å². The van der Waals surface area contributed by atoms with Crippen LogP contribution in [0, 0.1) is 5.92 Å². The smallest absolute Gasteiger partial charge is 0.306 e. The highest BCUT2D eigenvalue weighted by atomic mass is 16.4. The van der Waals surface area contributed by atoms with Gasteiger partial charge in [-0.05, 0) is 49.3 Å². The number of carbonyl (C=O) groups is 2. The van der Waals surface area contributed by atoms with Gasteiger partial charge in [0.2, 0.25) is 0 Å². The SMILES string of the molecule is O=C(N[C@@H]1CC(C(=O)O)C[C@@H]1n1ccnn1)c1ccc(C2CC2)cc1. The van der Waals surface area contributed by atoms with Gasteiger partial charge < -0.3 is 10.4 Å². The molecular weight excluding hydrogens is 320 g/mol. The lowest BCUT2D eigenvalue weighted by molar-refractivity contribution is -0.141. The second-order valence-electron chi connectivity index (χ2n) is 6.93. The highest BCUT2D eigenvalue weighted by Gasteiger charge is 2.40. The zero-order valence-corrected chi connectivity index (χ0v) is 13.7. The molecular formula is C18H20N4O3. The highest BCUT2D eigenvalue weighted by molar-refractivity contribution is 5.94. The van der Waals surface area contributed by atoms with Crippen LogP contribution in [0.3, 0.4) is 0 Å². The molecule has 1 aromatic carbocycles. The van der Waals surface area contributed by atoms with Gasteiger partial charge >= 0.3 is 5.97 Å². The first-order valence-electron chi connectivity index (χ1n) is 8.61. The van der Waals surface area contributed by atoms with Gasteiger partial charge in [-0.1, -0.05) is 17.3 Å². The molecule has 2 aliphatic rings. The third kappa shape index (κ3) is 3.26. The number of nitrogens with one attached hydrogen (secondary N) is 1. The van der Waals surface area contributed by atoms with E-state index in [1.807, 2.05) is 24.3 Å². The lowest BCUT2D eigenvalue weighted by Crippen LogP contribution is -2.38. The second kappa shape index (κ2) is 6.31. The summed E-state index contributed by atoms with van der Waals surface area (Å²) in [5, 5.41) is 20.1. The molecule has 4 rings (SSSR count). The normalized spacial score (nSPS) is 25.7. The highest BCUT2D eigenvalue weighted by Crippen LogP contribution is 2.40. The number of carboxylic acid groups (broad SMARTS) is 1. The van der Waals surface area contributed by atoms with Crippen molar-refractivity contribution in [1.82, 2.24) is 20.3 Å². The Morgan fingerprint density at radius 3 is 2.52 bits per heavy atom. The lowest BCUT2D eigenvalue weighted by Gasteiger charge is -2.20. The molecule has 0 aliphatic heterocycles. The number of benzene rings is 1. The minimum atomic E-state index is -0.837. The van der Waals surface area contributed by atoms with E-state index in [-0.39, 0.29) is 18.0 Å². The number of aromatic nitrogens is 3. The number of carbonyl (C=O) groups excluding carboxylic acids is 1. The summed E-state index contributed by atoms with van der Waals surface area (Å²) in [6, 6.07) is 7.23. The van der Waals surface area contributed by atoms with Crippen molar-refractivity contribution >= 4 is 11.9 Å². The standard InChI is InChI=1S/C18H20N4O3/c23-17(13-5-3-12(4-6-13)11-1-2-11)20-15-9-14(18(24)25)10-16(15)22-8-7-19-21-22/h3-8,11,14-16H,1-2,9-10H2,(H,20,23)(H,24,25)/t14?,15-,16+/m1/s1. The molecule has 7 heteroatoms. The molecule has 0 saturated heterocycles. The summed E-state index contributed by atoms with van der Waals surface area (Å²) in [6.45, 7) is 0. The van der Waals surface area contributed by atoms with Gasteiger partial charge in [0, 0.05) is 11.8 Å². The number of hydrogen-bond donors (Lipinski definition) is 2. The number of carboxylic acids is 1. The Hall–Kier alpha value is -2.70. The molecule has 7 nitrogen and oxygen atoms in total. The number of hydrogen-bond acceptors (Lipinski definition) is 4. The van der Waals surface area contributed by atoms with Crippen molar-refractivity contribution in [3.63, 3.8) is 0 Å². The van der Waals surface area contributed by atoms with Crippen molar-refractivity contribution < 1.29 is 14.7 Å². The quantitative estimate of drug-likeness (QED) is 0.867. The average Bonchev–Trinajstić information content (AvgIpc) is 3.15. The van der Waals surface area contributed by atoms with Crippen LogP contribution in [0.25, 0.3) is 0 Å². The van der Waals surface area contributed by atoms with Gasteiger partial charge in [-0.15, -0.1) is 5.10 Å². The fourth-order valence-electron chi connectivity index (χ4n) is 3.63. The minimum absolute atomic E-state index is 0.177. The number of aliphatic carboxylic acids is 1. The van der Waals surface area contributed by atoms with Crippen LogP contribution in [0.4, 0.5) is 0 Å². The van der Waals surface area contributed by atoms with E-state index in [0.29, 0.717) is 24.3 Å². The van der Waals surface area contributed by atoms with Crippen LogP contribution in [0.2, 0.25) is 0 Å². The Balaban J connectivity index is 1.48. The molecule has 0 radical (unpaired) electrons. The predicted molar refractivity (Wildman–Crippen MR) is 89.1 cm³/mol. The monoisotopic (exact) mass is 340 g/mol. The van der Waals surface area contributed by atoms with Crippen LogP contribution in [0.15, 0.2) is 36.7 Å². The molecule has 0 spiro atoms. The molecule has 0 bridgehead atoms. The first-order chi connectivity index (χ1) is 12.1. The fourth-order valence-corrected chi connectivity index (χ4v) is 3.63. The fraction of sp³-hybridized carbons (Fsp3) is 0.444. The third-order valence-electron chi connectivity index (χ3n) is 5.20. The van der Waals surface area contributed by atoms with E-state index in [9.17, 15) is 14.7 Å². The second-order valence-corrected chi connectivity index (χ2v) is 6.93. The molecule has 1 heterocycles. The van der Waals surface area contributed by atoms with Gasteiger partial charge in [-0.3, -0.25) is 9.59 Å². The zero-order valence-electron chi connectivity index (χ0n) is 13.7. The molecule has 1 unspecified atom stereocenters. The van der Waals surface area contributed by atoms with Crippen molar-refractivity contribution in [3.8, 4) is 0 Å². The number of nitrogens with zero attached hydrogens (tertiary/aromatic N) is 3. The van der Waals surface area contributed by atoms with Crippen molar-refractivity contribution in [2.24, 2.45) is 5.92 Å². The van der Waals surface area contributed by atoms with E-state index in [1.54, 1.807) is 17.1 Å². The maximum Gasteiger partial charge on any atom is 0.306 e. The van der Waals surface area contributed by atoms with Gasteiger partial charge in [0.05, 0.1) is 24.2 Å². The Kier molecular flexibility index (Phi) is 3.99. The molecule has 2 saturated carbocycles. The van der Waals surface area contributed by atoms with Gasteiger partial charge in [0.25, 0.3) is 5.91 Å². The first kappa shape index (κ1) is 15.8. The summed E-state index contributed by atoms with van der Waals surface area (Å²) in [4.78, 5) is 24.0. The Labute approximate surface area is 145 Å². The van der Waals surface area contributed by atoms with E-state index < -0.39 is 11.9 Å². The zero-order chi connectivity index (χ0) is 17.4. The largest absolute Gasteiger partial charge is 0.481 e. The molecule has 1 amide bonds. The molecule has 3 atom stereocenters. The predicted octanol–water partition coefficient (Wildman–Crippen LogP) is 1.99. The van der Waals surface area contributed by atoms with Gasteiger partial charge in [-0.2, -0.15) is 0 Å². The summed E-state index contributed by atoms with van der Waals surface area (Å²) in [5.74, 6) is -0.851. The molecule has 2 N–H and O–H groups in total. The summed E-state index contributed by atoms with van der Waals surface area (Å²) < 4.78 is 1.64. The molecule has 25 heavy (non-hydrogen) atoms. The van der Waals surface area contributed by atoms with Gasteiger partial charge in [0.1, 0.15) is 0 Å². The van der Waals surface area contributed by atoms with Crippen molar-refractivity contribution in [3.05, 3.63) is 47.8 Å². The van der Waals surface area contributed by atoms with E-state index in [4.69, 9.17) is 0 Å². The Bertz CT molecular complexity index is 768. The van der Waals surface area contributed by atoms with Gasteiger partial charge in [0.15, 0.2) is 0 Å². The van der Waals surface area contributed by atoms with Crippen molar-refractivity contribution in [2.45, 2.75) is 43.7 Å². The van der Waals surface area contributed by atoms with Crippen LogP contribution in [-0.4, -0.2) is 38.0 Å². The maximum atomic E-state index is 12.6. The summed E-state index contributed by atoms with van der Waals surface area (Å²) in [5.41, 5.74) is 1.88. The Morgan fingerprint density at radius 2 is 1.92 bits per heavy atom. The van der Waals surface area contributed by atoms with Crippen LogP contribution in [-0.2, 0) is 4.79 Å². The minimum Gasteiger partial charge on any atom is -0.481 e. The molecule has 2 fully saturated rings. The number of rotatable bonds is 5. The number of amides is 1. The van der Waals surface area contributed by atoms with E-state index >= 15 is 0 Å². The van der Waals surface area contributed by atoms with Crippen LogP contribution >= 0.6 is 0 Å². The average molecular weight is 340 g/mol. The van der Waals surface area contributed by atoms with Crippen LogP contribution in [0.5, 0.6) is 0 Å².